The van der Waals surface area contributed by atoms with Crippen LogP contribution in [0.3, 0.4) is 0 Å². The first-order valence-corrected chi connectivity index (χ1v) is 9.32. The molecule has 3 N–H and O–H groups in total. The second-order valence-corrected chi connectivity index (χ2v) is 6.80. The van der Waals surface area contributed by atoms with Gasteiger partial charge in [0.15, 0.2) is 6.10 Å². The normalized spacial score (nSPS) is 11.8. The van der Waals surface area contributed by atoms with E-state index in [2.05, 4.69) is 20.4 Å². The molecule has 2 heterocycles. The van der Waals surface area contributed by atoms with Gasteiger partial charge in [-0.1, -0.05) is 0 Å². The Morgan fingerprint density at radius 3 is 2.57 bits per heavy atom. The van der Waals surface area contributed by atoms with Gasteiger partial charge in [0.2, 0.25) is 5.91 Å². The van der Waals surface area contributed by atoms with Crippen LogP contribution >= 0.6 is 0 Å². The Kier molecular flexibility index (Phi) is 6.05. The lowest BCUT2D eigenvalue weighted by atomic mass is 10.1. The molecule has 0 saturated carbocycles. The molecule has 1 unspecified atom stereocenters. The van der Waals surface area contributed by atoms with Crippen LogP contribution in [0.4, 0.5) is 5.69 Å². The van der Waals surface area contributed by atoms with E-state index in [1.165, 1.54) is 25.4 Å². The summed E-state index contributed by atoms with van der Waals surface area (Å²) in [6, 6.07) is 6.09. The highest BCUT2D eigenvalue weighted by Crippen LogP contribution is 2.16. The number of aromatic nitrogens is 4. The van der Waals surface area contributed by atoms with Crippen molar-refractivity contribution >= 4 is 29.2 Å². The van der Waals surface area contributed by atoms with E-state index in [0.717, 1.165) is 17.0 Å². The molecule has 0 aliphatic carbocycles. The molecule has 30 heavy (non-hydrogen) atoms. The number of carbonyl (C=O) groups excluding carboxylic acids is 3. The number of anilines is 1. The van der Waals surface area contributed by atoms with Gasteiger partial charge in [0.05, 0.1) is 0 Å². The molecule has 10 heteroatoms. The van der Waals surface area contributed by atoms with Crippen LogP contribution in [0, 0.1) is 13.8 Å². The quantitative estimate of drug-likeness (QED) is 0.560. The number of hydrogen-bond donors (Lipinski definition) is 2. The Bertz CT molecular complexity index is 1110. The third kappa shape index (κ3) is 4.59. The predicted octanol–water partition coefficient (Wildman–Crippen LogP) is 1.34. The van der Waals surface area contributed by atoms with E-state index in [9.17, 15) is 14.4 Å². The average Bonchev–Trinajstić information content (AvgIpc) is 3.16. The number of nitrogens with zero attached hydrogens (tertiary/aromatic N) is 4. The molecule has 2 aromatic heterocycles. The Labute approximate surface area is 172 Å². The number of benzene rings is 1. The predicted molar refractivity (Wildman–Crippen MR) is 108 cm³/mol. The lowest BCUT2D eigenvalue weighted by molar-refractivity contribution is -0.153. The fourth-order valence-corrected chi connectivity index (χ4v) is 3.02. The van der Waals surface area contributed by atoms with Gasteiger partial charge in [0.1, 0.15) is 6.33 Å². The van der Waals surface area contributed by atoms with Gasteiger partial charge in [-0.2, -0.15) is 10.1 Å². The van der Waals surface area contributed by atoms with Crippen molar-refractivity contribution in [3.05, 3.63) is 53.1 Å². The maximum atomic E-state index is 12.3. The van der Waals surface area contributed by atoms with Gasteiger partial charge in [-0.05, 0) is 57.0 Å². The molecule has 0 spiro atoms. The summed E-state index contributed by atoms with van der Waals surface area (Å²) in [5, 5.41) is 6.75. The summed E-state index contributed by atoms with van der Waals surface area (Å²) in [4.78, 5) is 44.0. The molecule has 3 rings (SSSR count). The van der Waals surface area contributed by atoms with Crippen LogP contribution < -0.4 is 11.1 Å². The molecule has 10 nitrogen and oxygen atoms in total. The molecular formula is C20H22N6O4. The molecule has 0 aliphatic rings. The standard InChI is InChI=1S/C20H22N6O4/c1-11-16(12(2)26-20(24-11)22-10-23-26)8-9-17(27)30-13(3)19(29)25-15-6-4-14(5-7-15)18(21)28/h4-7,10,13H,8-9H2,1-3H3,(H2,21,28)(H,25,29). The summed E-state index contributed by atoms with van der Waals surface area (Å²) in [5.41, 5.74) is 8.49. The third-order valence-corrected chi connectivity index (χ3v) is 4.68. The number of hydrogen-bond acceptors (Lipinski definition) is 7. The first-order chi connectivity index (χ1) is 14.3. The van der Waals surface area contributed by atoms with E-state index in [1.807, 2.05) is 13.8 Å². The molecule has 156 valence electrons. The minimum atomic E-state index is -0.980. The van der Waals surface area contributed by atoms with E-state index < -0.39 is 23.9 Å². The van der Waals surface area contributed by atoms with Crippen LogP contribution in [-0.4, -0.2) is 43.5 Å². The van der Waals surface area contributed by atoms with Gasteiger partial charge < -0.3 is 15.8 Å². The van der Waals surface area contributed by atoms with Crippen molar-refractivity contribution in [3.8, 4) is 0 Å². The number of nitrogens with two attached hydrogens (primary N) is 1. The van der Waals surface area contributed by atoms with E-state index in [4.69, 9.17) is 10.5 Å². The fourth-order valence-electron chi connectivity index (χ4n) is 3.02. The molecule has 1 aromatic carbocycles. The van der Waals surface area contributed by atoms with Crippen molar-refractivity contribution in [3.63, 3.8) is 0 Å². The molecule has 0 fully saturated rings. The molecule has 3 aromatic rings. The molecule has 0 saturated heterocycles. The zero-order chi connectivity index (χ0) is 21.8. The summed E-state index contributed by atoms with van der Waals surface area (Å²) in [6.45, 7) is 5.23. The van der Waals surface area contributed by atoms with Crippen LogP contribution in [0.15, 0.2) is 30.6 Å². The van der Waals surface area contributed by atoms with E-state index in [-0.39, 0.29) is 6.42 Å². The average molecular weight is 410 g/mol. The van der Waals surface area contributed by atoms with Crippen LogP contribution in [-0.2, 0) is 20.7 Å². The lowest BCUT2D eigenvalue weighted by Gasteiger charge is -2.14. The maximum absolute atomic E-state index is 12.3. The summed E-state index contributed by atoms with van der Waals surface area (Å²) in [6.07, 6.45) is 0.942. The van der Waals surface area contributed by atoms with Gasteiger partial charge in [-0.15, -0.1) is 0 Å². The smallest absolute Gasteiger partial charge is 0.306 e. The summed E-state index contributed by atoms with van der Waals surface area (Å²) in [7, 11) is 0. The number of aryl methyl sites for hydroxylation is 2. The van der Waals surface area contributed by atoms with E-state index in [0.29, 0.717) is 23.4 Å². The Morgan fingerprint density at radius 1 is 1.20 bits per heavy atom. The van der Waals surface area contributed by atoms with E-state index >= 15 is 0 Å². The molecular weight excluding hydrogens is 388 g/mol. The van der Waals surface area contributed by atoms with Crippen molar-refractivity contribution < 1.29 is 19.1 Å². The minimum absolute atomic E-state index is 0.0918. The number of rotatable bonds is 7. The topological polar surface area (TPSA) is 142 Å². The monoisotopic (exact) mass is 410 g/mol. The van der Waals surface area contributed by atoms with Gasteiger partial charge >= 0.3 is 5.97 Å². The Balaban J connectivity index is 1.55. The van der Waals surface area contributed by atoms with Crippen LogP contribution in [0.5, 0.6) is 0 Å². The van der Waals surface area contributed by atoms with Crippen LogP contribution in [0.25, 0.3) is 5.78 Å². The number of ether oxygens (including phenoxy) is 1. The summed E-state index contributed by atoms with van der Waals surface area (Å²) in [5.74, 6) is -1.03. The maximum Gasteiger partial charge on any atom is 0.306 e. The second-order valence-electron chi connectivity index (χ2n) is 6.80. The molecule has 2 amide bonds. The number of nitrogens with one attached hydrogen (secondary N) is 1. The second kappa shape index (κ2) is 8.68. The van der Waals surface area contributed by atoms with E-state index in [1.54, 1.807) is 16.6 Å². The number of primary amides is 1. The van der Waals surface area contributed by atoms with Gasteiger partial charge in [-0.25, -0.2) is 9.50 Å². The Morgan fingerprint density at radius 2 is 1.90 bits per heavy atom. The zero-order valence-corrected chi connectivity index (χ0v) is 16.9. The first kappa shape index (κ1) is 20.9. The molecule has 0 radical (unpaired) electrons. The highest BCUT2D eigenvalue weighted by Gasteiger charge is 2.19. The fraction of sp³-hybridized carbons (Fsp3) is 0.300. The number of fused-ring (bicyclic) bond motifs is 1. The molecule has 1 atom stereocenters. The van der Waals surface area contributed by atoms with Crippen LogP contribution in [0.2, 0.25) is 0 Å². The highest BCUT2D eigenvalue weighted by atomic mass is 16.5. The molecule has 0 bridgehead atoms. The largest absolute Gasteiger partial charge is 0.453 e. The zero-order valence-electron chi connectivity index (χ0n) is 16.9. The van der Waals surface area contributed by atoms with Crippen molar-refractivity contribution in [1.82, 2.24) is 19.6 Å². The van der Waals surface area contributed by atoms with Crippen molar-refractivity contribution in [2.24, 2.45) is 5.73 Å². The summed E-state index contributed by atoms with van der Waals surface area (Å²) < 4.78 is 6.86. The molecule has 0 aliphatic heterocycles. The van der Waals surface area contributed by atoms with Gasteiger partial charge in [-0.3, -0.25) is 14.4 Å². The minimum Gasteiger partial charge on any atom is -0.453 e. The third-order valence-electron chi connectivity index (χ3n) is 4.68. The van der Waals surface area contributed by atoms with Crippen molar-refractivity contribution in [2.45, 2.75) is 39.7 Å². The SMILES string of the molecule is Cc1nc2ncnn2c(C)c1CCC(=O)OC(C)C(=O)Nc1ccc(C(N)=O)cc1. The Hall–Kier alpha value is -3.82. The highest BCUT2D eigenvalue weighted by molar-refractivity contribution is 5.96. The van der Waals surface area contributed by atoms with Gasteiger partial charge in [0.25, 0.3) is 11.7 Å². The number of carbonyl (C=O) groups is 3. The summed E-state index contributed by atoms with van der Waals surface area (Å²) >= 11 is 0. The van der Waals surface area contributed by atoms with Crippen molar-refractivity contribution in [2.75, 3.05) is 5.32 Å². The number of esters is 1. The van der Waals surface area contributed by atoms with Crippen LogP contribution in [0.1, 0.15) is 40.7 Å². The van der Waals surface area contributed by atoms with Gasteiger partial charge in [0, 0.05) is 29.1 Å². The first-order valence-electron chi connectivity index (χ1n) is 9.32. The van der Waals surface area contributed by atoms with Crippen molar-refractivity contribution in [1.29, 1.82) is 0 Å². The number of amides is 2. The lowest BCUT2D eigenvalue weighted by Crippen LogP contribution is -2.30.